The molecule has 0 heterocycles. The Morgan fingerprint density at radius 3 is 1.80 bits per heavy atom. The van der Waals surface area contributed by atoms with Gasteiger partial charge in [-0.1, -0.05) is 24.3 Å². The van der Waals surface area contributed by atoms with Gasteiger partial charge in [-0.25, -0.2) is 5.48 Å². The van der Waals surface area contributed by atoms with Crippen molar-refractivity contribution in [1.29, 1.82) is 0 Å². The molecule has 0 aliphatic rings. The molecule has 1 unspecified atom stereocenters. The number of rotatable bonds is 9. The molecule has 8 heteroatoms. The highest BCUT2D eigenvalue weighted by Crippen LogP contribution is 2.26. The second-order valence-electron chi connectivity index (χ2n) is 7.10. The van der Waals surface area contributed by atoms with E-state index < -0.39 is 36.5 Å². The lowest BCUT2D eigenvalue weighted by molar-refractivity contribution is -0.142. The Morgan fingerprint density at radius 1 is 0.900 bits per heavy atom. The van der Waals surface area contributed by atoms with E-state index in [2.05, 4.69) is 0 Å². The first-order valence-electron chi connectivity index (χ1n) is 9.60. The Morgan fingerprint density at radius 2 is 1.40 bits per heavy atom. The molecule has 2 aromatic rings. The minimum atomic E-state index is -1.19. The summed E-state index contributed by atoms with van der Waals surface area (Å²) in [5.41, 5.74) is 5.16. The Kier molecular flexibility index (Phi) is 7.94. The SMILES string of the molecule is CCN(C(=O)C(CC(=O)O)CC(=O)NO)c1ccc(-c2ccc(N(C)C)cc2)cc1. The van der Waals surface area contributed by atoms with Gasteiger partial charge in [-0.2, -0.15) is 0 Å². The summed E-state index contributed by atoms with van der Waals surface area (Å²) in [5, 5.41) is 17.8. The zero-order valence-electron chi connectivity index (χ0n) is 17.3. The van der Waals surface area contributed by atoms with E-state index in [9.17, 15) is 14.4 Å². The van der Waals surface area contributed by atoms with Crippen LogP contribution >= 0.6 is 0 Å². The minimum absolute atomic E-state index is 0.312. The van der Waals surface area contributed by atoms with Crippen LogP contribution in [0.5, 0.6) is 0 Å². The Labute approximate surface area is 175 Å². The van der Waals surface area contributed by atoms with E-state index in [-0.39, 0.29) is 0 Å². The third-order valence-corrected chi connectivity index (χ3v) is 4.81. The normalized spacial score (nSPS) is 11.5. The fourth-order valence-corrected chi connectivity index (χ4v) is 3.20. The van der Waals surface area contributed by atoms with Gasteiger partial charge in [0.2, 0.25) is 11.8 Å². The van der Waals surface area contributed by atoms with Crippen LogP contribution in [0.4, 0.5) is 11.4 Å². The van der Waals surface area contributed by atoms with Crippen LogP contribution in [0.2, 0.25) is 0 Å². The first-order chi connectivity index (χ1) is 14.3. The third-order valence-electron chi connectivity index (χ3n) is 4.81. The highest BCUT2D eigenvalue weighted by atomic mass is 16.5. The topological polar surface area (TPSA) is 110 Å². The van der Waals surface area contributed by atoms with Crippen molar-refractivity contribution in [1.82, 2.24) is 5.48 Å². The molecule has 0 radical (unpaired) electrons. The number of aliphatic carboxylic acids is 1. The zero-order valence-corrected chi connectivity index (χ0v) is 17.3. The number of nitrogens with zero attached hydrogens (tertiary/aromatic N) is 2. The van der Waals surface area contributed by atoms with Crippen molar-refractivity contribution in [2.45, 2.75) is 19.8 Å². The van der Waals surface area contributed by atoms with Crippen LogP contribution < -0.4 is 15.3 Å². The highest BCUT2D eigenvalue weighted by Gasteiger charge is 2.29. The number of hydroxylamine groups is 1. The molecular formula is C22H27N3O5. The zero-order chi connectivity index (χ0) is 22.3. The highest BCUT2D eigenvalue weighted by molar-refractivity contribution is 5.98. The van der Waals surface area contributed by atoms with Crippen molar-refractivity contribution < 1.29 is 24.7 Å². The molecule has 2 rings (SSSR count). The maximum Gasteiger partial charge on any atom is 0.304 e. The fourth-order valence-electron chi connectivity index (χ4n) is 3.20. The second kappa shape index (κ2) is 10.4. The average Bonchev–Trinajstić information content (AvgIpc) is 2.73. The smallest absolute Gasteiger partial charge is 0.304 e. The van der Waals surface area contributed by atoms with Gasteiger partial charge in [0.1, 0.15) is 0 Å². The summed E-state index contributed by atoms with van der Waals surface area (Å²) in [6.45, 7) is 2.09. The number of hydrogen-bond acceptors (Lipinski definition) is 5. The van der Waals surface area contributed by atoms with Crippen molar-refractivity contribution >= 4 is 29.2 Å². The van der Waals surface area contributed by atoms with Gasteiger partial charge in [0.25, 0.3) is 0 Å². The molecule has 2 aromatic carbocycles. The van der Waals surface area contributed by atoms with Gasteiger partial charge in [0.05, 0.1) is 12.3 Å². The summed E-state index contributed by atoms with van der Waals surface area (Å²) in [6, 6.07) is 15.4. The molecule has 2 amide bonds. The average molecular weight is 413 g/mol. The van der Waals surface area contributed by atoms with Crippen LogP contribution in [0.15, 0.2) is 48.5 Å². The van der Waals surface area contributed by atoms with E-state index in [4.69, 9.17) is 10.3 Å². The Bertz CT molecular complexity index is 879. The van der Waals surface area contributed by atoms with Gasteiger partial charge in [-0.05, 0) is 42.3 Å². The monoisotopic (exact) mass is 413 g/mol. The molecule has 3 N–H and O–H groups in total. The van der Waals surface area contributed by atoms with Crippen molar-refractivity contribution in [3.05, 3.63) is 48.5 Å². The molecule has 0 aliphatic carbocycles. The lowest BCUT2D eigenvalue weighted by Gasteiger charge is -2.25. The molecule has 30 heavy (non-hydrogen) atoms. The fraction of sp³-hybridized carbons (Fsp3) is 0.318. The summed E-state index contributed by atoms with van der Waals surface area (Å²) >= 11 is 0. The molecule has 0 saturated carbocycles. The summed E-state index contributed by atoms with van der Waals surface area (Å²) in [7, 11) is 3.95. The van der Waals surface area contributed by atoms with Gasteiger partial charge in [-0.3, -0.25) is 19.6 Å². The van der Waals surface area contributed by atoms with E-state index in [0.717, 1.165) is 16.8 Å². The van der Waals surface area contributed by atoms with E-state index in [1.54, 1.807) is 19.1 Å². The number of carboxylic acids is 1. The Balaban J connectivity index is 2.23. The van der Waals surface area contributed by atoms with Crippen LogP contribution in [0, 0.1) is 5.92 Å². The third kappa shape index (κ3) is 5.81. The number of carboxylic acid groups (broad SMARTS) is 1. The molecule has 160 valence electrons. The van der Waals surface area contributed by atoms with Crippen LogP contribution in [-0.2, 0) is 14.4 Å². The largest absolute Gasteiger partial charge is 0.481 e. The van der Waals surface area contributed by atoms with Crippen molar-refractivity contribution in [3.63, 3.8) is 0 Å². The first kappa shape index (κ1) is 22.9. The van der Waals surface area contributed by atoms with Crippen LogP contribution in [0.3, 0.4) is 0 Å². The van der Waals surface area contributed by atoms with E-state index in [1.807, 2.05) is 55.4 Å². The predicted octanol–water partition coefficient (Wildman–Crippen LogP) is 2.76. The van der Waals surface area contributed by atoms with Crippen molar-refractivity contribution in [3.8, 4) is 11.1 Å². The molecule has 0 aromatic heterocycles. The van der Waals surface area contributed by atoms with Crippen LogP contribution in [0.25, 0.3) is 11.1 Å². The van der Waals surface area contributed by atoms with Crippen molar-refractivity contribution in [2.24, 2.45) is 5.92 Å². The predicted molar refractivity (Wildman–Crippen MR) is 115 cm³/mol. The quantitative estimate of drug-likeness (QED) is 0.431. The molecule has 1 atom stereocenters. The summed E-state index contributed by atoms with van der Waals surface area (Å²) in [5.74, 6) is -3.55. The van der Waals surface area contributed by atoms with Crippen molar-refractivity contribution in [2.75, 3.05) is 30.4 Å². The number of carbonyl (C=O) groups excluding carboxylic acids is 2. The summed E-state index contributed by atoms with van der Waals surface area (Å²) in [4.78, 5) is 39.0. The Hall–Kier alpha value is -3.39. The number of hydrogen-bond donors (Lipinski definition) is 3. The van der Waals surface area contributed by atoms with E-state index >= 15 is 0 Å². The standard InChI is InChI=1S/C22H27N3O5/c1-4-25(22(29)17(14-21(27)28)13-20(26)23-30)19-11-7-16(8-12-19)15-5-9-18(10-6-15)24(2)3/h5-12,17,30H,4,13-14H2,1-3H3,(H,23,26)(H,27,28). The minimum Gasteiger partial charge on any atom is -0.481 e. The van der Waals surface area contributed by atoms with Gasteiger partial charge >= 0.3 is 5.97 Å². The molecule has 0 bridgehead atoms. The molecular weight excluding hydrogens is 386 g/mol. The lowest BCUT2D eigenvalue weighted by Crippen LogP contribution is -2.39. The van der Waals surface area contributed by atoms with E-state index in [0.29, 0.717) is 12.2 Å². The maximum absolute atomic E-state index is 12.9. The summed E-state index contributed by atoms with van der Waals surface area (Å²) in [6.07, 6.45) is -0.909. The second-order valence-corrected chi connectivity index (χ2v) is 7.10. The summed E-state index contributed by atoms with van der Waals surface area (Å²) < 4.78 is 0. The van der Waals surface area contributed by atoms with Gasteiger partial charge < -0.3 is 14.9 Å². The number of carbonyl (C=O) groups is 3. The molecule has 0 saturated heterocycles. The molecule has 0 spiro atoms. The number of benzene rings is 2. The number of nitrogens with one attached hydrogen (secondary N) is 1. The maximum atomic E-state index is 12.9. The van der Waals surface area contributed by atoms with Gasteiger partial charge in [-0.15, -0.1) is 0 Å². The molecule has 0 aliphatic heterocycles. The van der Waals surface area contributed by atoms with Gasteiger partial charge in [0.15, 0.2) is 0 Å². The van der Waals surface area contributed by atoms with Crippen LogP contribution in [0.1, 0.15) is 19.8 Å². The molecule has 8 nitrogen and oxygen atoms in total. The van der Waals surface area contributed by atoms with Gasteiger partial charge in [0, 0.05) is 38.4 Å². The van der Waals surface area contributed by atoms with E-state index in [1.165, 1.54) is 10.4 Å². The number of amides is 2. The lowest BCUT2D eigenvalue weighted by atomic mass is 9.98. The number of anilines is 2. The first-order valence-corrected chi connectivity index (χ1v) is 9.60. The molecule has 0 fully saturated rings. The van der Waals surface area contributed by atoms with Crippen LogP contribution in [-0.4, -0.2) is 48.7 Å².